The number of carbonyl (C=O) groups is 1. The van der Waals surface area contributed by atoms with Crippen LogP contribution in [0.1, 0.15) is 45.2 Å². The summed E-state index contributed by atoms with van der Waals surface area (Å²) in [4.78, 5) is 17.9. The fourth-order valence-electron chi connectivity index (χ4n) is 4.45. The molecule has 0 fully saturated rings. The SMILES string of the molecule is COc1ccc(C(Cc2ccccc2)(NC(=O)c2ccc(F)c(C(C)(F)F)c2)c2cc(F)cc(C(F)(F)F)c2)nc1. The number of halogens is 7. The Bertz CT molecular complexity index is 1540. The van der Waals surface area contributed by atoms with Crippen molar-refractivity contribution < 1.29 is 40.3 Å². The van der Waals surface area contributed by atoms with E-state index in [0.717, 1.165) is 12.1 Å². The Balaban J connectivity index is 1.98. The van der Waals surface area contributed by atoms with Crippen molar-refractivity contribution >= 4 is 5.91 Å². The fraction of sp³-hybridized carbons (Fsp3) is 0.200. The van der Waals surface area contributed by atoms with Gasteiger partial charge < -0.3 is 10.1 Å². The highest BCUT2D eigenvalue weighted by Gasteiger charge is 2.41. The number of nitrogens with one attached hydrogen (secondary N) is 1. The Morgan fingerprint density at radius 3 is 2.15 bits per heavy atom. The normalized spacial score (nSPS) is 13.4. The molecule has 1 heterocycles. The molecule has 3 aromatic carbocycles. The van der Waals surface area contributed by atoms with Crippen LogP contribution in [0.15, 0.2) is 85.1 Å². The van der Waals surface area contributed by atoms with E-state index in [9.17, 15) is 35.5 Å². The van der Waals surface area contributed by atoms with E-state index >= 15 is 0 Å². The van der Waals surface area contributed by atoms with Crippen molar-refractivity contribution in [3.05, 3.63) is 130 Å². The Hall–Kier alpha value is -4.41. The highest BCUT2D eigenvalue weighted by Crippen LogP contribution is 2.38. The average Bonchev–Trinajstić information content (AvgIpc) is 2.92. The van der Waals surface area contributed by atoms with Gasteiger partial charge >= 0.3 is 6.18 Å². The molecule has 0 spiro atoms. The van der Waals surface area contributed by atoms with Crippen LogP contribution in [-0.2, 0) is 24.1 Å². The minimum Gasteiger partial charge on any atom is -0.495 e. The van der Waals surface area contributed by atoms with Crippen LogP contribution in [0.3, 0.4) is 0 Å². The van der Waals surface area contributed by atoms with Gasteiger partial charge in [-0.15, -0.1) is 0 Å². The summed E-state index contributed by atoms with van der Waals surface area (Å²) in [6.07, 6.45) is -3.90. The van der Waals surface area contributed by atoms with Crippen LogP contribution in [-0.4, -0.2) is 18.0 Å². The molecule has 1 atom stereocenters. The Labute approximate surface area is 230 Å². The third-order valence-electron chi connectivity index (χ3n) is 6.47. The van der Waals surface area contributed by atoms with E-state index in [1.54, 1.807) is 30.3 Å². The molecule has 4 nitrogen and oxygen atoms in total. The molecule has 0 bridgehead atoms. The summed E-state index contributed by atoms with van der Waals surface area (Å²) < 4.78 is 104. The van der Waals surface area contributed by atoms with E-state index in [0.29, 0.717) is 36.8 Å². The van der Waals surface area contributed by atoms with Crippen molar-refractivity contribution in [2.45, 2.75) is 31.0 Å². The molecule has 1 N–H and O–H groups in total. The molecule has 1 unspecified atom stereocenters. The molecule has 0 radical (unpaired) electrons. The van der Waals surface area contributed by atoms with Crippen molar-refractivity contribution in [1.29, 1.82) is 0 Å². The minimum atomic E-state index is -4.94. The second kappa shape index (κ2) is 11.2. The molecule has 1 amide bonds. The van der Waals surface area contributed by atoms with Crippen molar-refractivity contribution in [1.82, 2.24) is 10.3 Å². The van der Waals surface area contributed by atoms with E-state index in [1.165, 1.54) is 25.4 Å². The third-order valence-corrected chi connectivity index (χ3v) is 6.47. The quantitative estimate of drug-likeness (QED) is 0.222. The number of carbonyl (C=O) groups excluding carboxylic acids is 1. The van der Waals surface area contributed by atoms with Crippen molar-refractivity contribution in [2.75, 3.05) is 7.11 Å². The first-order valence-electron chi connectivity index (χ1n) is 12.2. The lowest BCUT2D eigenvalue weighted by molar-refractivity contribution is -0.137. The Morgan fingerprint density at radius 1 is 0.878 bits per heavy atom. The van der Waals surface area contributed by atoms with E-state index in [4.69, 9.17) is 4.74 Å². The highest BCUT2D eigenvalue weighted by atomic mass is 19.4. The zero-order valence-electron chi connectivity index (χ0n) is 21.7. The number of benzene rings is 3. The van der Waals surface area contributed by atoms with Crippen LogP contribution in [0.4, 0.5) is 30.7 Å². The summed E-state index contributed by atoms with van der Waals surface area (Å²) >= 11 is 0. The van der Waals surface area contributed by atoms with Gasteiger partial charge in [0.1, 0.15) is 22.9 Å². The molecule has 11 heteroatoms. The van der Waals surface area contributed by atoms with Crippen LogP contribution >= 0.6 is 0 Å². The molecule has 4 rings (SSSR count). The van der Waals surface area contributed by atoms with Crippen LogP contribution in [0.5, 0.6) is 5.75 Å². The maximum atomic E-state index is 14.8. The summed E-state index contributed by atoms with van der Waals surface area (Å²) in [5.74, 6) is -6.87. The number of methoxy groups -OCH3 is 1. The van der Waals surface area contributed by atoms with Gasteiger partial charge in [0, 0.05) is 18.9 Å². The van der Waals surface area contributed by atoms with Gasteiger partial charge in [-0.3, -0.25) is 9.78 Å². The Kier molecular flexibility index (Phi) is 8.10. The number of aromatic nitrogens is 1. The van der Waals surface area contributed by atoms with Crippen LogP contribution in [0.2, 0.25) is 0 Å². The number of nitrogens with zero attached hydrogens (tertiary/aromatic N) is 1. The molecule has 0 aliphatic carbocycles. The summed E-state index contributed by atoms with van der Waals surface area (Å²) in [6.45, 7) is 0.458. The molecule has 0 aliphatic rings. The minimum absolute atomic E-state index is 0.00242. The van der Waals surface area contributed by atoms with Crippen molar-refractivity contribution in [3.8, 4) is 5.75 Å². The summed E-state index contributed by atoms with van der Waals surface area (Å²) in [5, 5.41) is 2.63. The summed E-state index contributed by atoms with van der Waals surface area (Å²) in [5.41, 5.74) is -4.53. The first-order valence-corrected chi connectivity index (χ1v) is 12.2. The largest absolute Gasteiger partial charge is 0.495 e. The second-order valence-electron chi connectivity index (χ2n) is 9.41. The molecule has 0 saturated carbocycles. The van der Waals surface area contributed by atoms with E-state index in [1.807, 2.05) is 0 Å². The first-order chi connectivity index (χ1) is 19.2. The van der Waals surface area contributed by atoms with Gasteiger partial charge in [-0.2, -0.15) is 13.2 Å². The highest BCUT2D eigenvalue weighted by molar-refractivity contribution is 5.95. The van der Waals surface area contributed by atoms with Crippen LogP contribution in [0, 0.1) is 11.6 Å². The van der Waals surface area contributed by atoms with E-state index in [2.05, 4.69) is 10.3 Å². The van der Waals surface area contributed by atoms with Gasteiger partial charge in [-0.05, 0) is 59.7 Å². The number of alkyl halides is 5. The predicted octanol–water partition coefficient (Wildman–Crippen LogP) is 7.42. The molecule has 214 valence electrons. The maximum absolute atomic E-state index is 14.8. The lowest BCUT2D eigenvalue weighted by Gasteiger charge is -2.36. The number of pyridine rings is 1. The Morgan fingerprint density at radius 2 is 1.56 bits per heavy atom. The van der Waals surface area contributed by atoms with Crippen LogP contribution < -0.4 is 10.1 Å². The number of rotatable bonds is 8. The smallest absolute Gasteiger partial charge is 0.416 e. The second-order valence-corrected chi connectivity index (χ2v) is 9.41. The van der Waals surface area contributed by atoms with Crippen molar-refractivity contribution in [2.24, 2.45) is 0 Å². The van der Waals surface area contributed by atoms with E-state index < -0.39 is 51.9 Å². The van der Waals surface area contributed by atoms with Gasteiger partial charge in [-0.1, -0.05) is 30.3 Å². The monoisotopic (exact) mass is 576 g/mol. The fourth-order valence-corrected chi connectivity index (χ4v) is 4.45. The standard InChI is InChI=1S/C30H23F7N2O2/c1-28(33,34)24-12-19(8-10-25(24)32)27(40)39-29(16-18-6-4-3-5-7-18,26-11-9-23(41-2)17-38-26)20-13-21(30(35,36)37)15-22(31)14-20/h3-15,17H,16H2,1-2H3,(H,39,40). The molecule has 41 heavy (non-hydrogen) atoms. The average molecular weight is 577 g/mol. The zero-order valence-corrected chi connectivity index (χ0v) is 21.7. The van der Waals surface area contributed by atoms with E-state index in [-0.39, 0.29) is 23.4 Å². The van der Waals surface area contributed by atoms with Crippen LogP contribution in [0.25, 0.3) is 0 Å². The molecular weight excluding hydrogens is 553 g/mol. The summed E-state index contributed by atoms with van der Waals surface area (Å²) in [6, 6.07) is 15.3. The van der Waals surface area contributed by atoms with Gasteiger partial charge in [-0.25, -0.2) is 17.6 Å². The van der Waals surface area contributed by atoms with Gasteiger partial charge in [0.15, 0.2) is 0 Å². The zero-order chi connectivity index (χ0) is 30.0. The molecular formula is C30H23F7N2O2. The number of hydrogen-bond acceptors (Lipinski definition) is 3. The lowest BCUT2D eigenvalue weighted by Crippen LogP contribution is -2.49. The van der Waals surface area contributed by atoms with Gasteiger partial charge in [0.05, 0.1) is 30.1 Å². The number of hydrogen-bond donors (Lipinski definition) is 1. The van der Waals surface area contributed by atoms with Gasteiger partial charge in [0.2, 0.25) is 0 Å². The maximum Gasteiger partial charge on any atom is 0.416 e. The van der Waals surface area contributed by atoms with Crippen molar-refractivity contribution in [3.63, 3.8) is 0 Å². The topological polar surface area (TPSA) is 51.2 Å². The van der Waals surface area contributed by atoms with Gasteiger partial charge in [0.25, 0.3) is 11.8 Å². The number of ether oxygens (including phenoxy) is 1. The summed E-state index contributed by atoms with van der Waals surface area (Å²) in [7, 11) is 1.37. The third kappa shape index (κ3) is 6.50. The predicted molar refractivity (Wildman–Crippen MR) is 137 cm³/mol. The first kappa shape index (κ1) is 29.6. The molecule has 1 aromatic heterocycles. The molecule has 0 aliphatic heterocycles. The molecule has 4 aromatic rings. The lowest BCUT2D eigenvalue weighted by atomic mass is 9.79. The molecule has 0 saturated heterocycles. The number of amides is 1.